The van der Waals surface area contributed by atoms with Crippen LogP contribution in [0.25, 0.3) is 0 Å². The van der Waals surface area contributed by atoms with E-state index in [1.54, 1.807) is 7.05 Å². The first-order valence-electron chi connectivity index (χ1n) is 7.28. The number of hydrogen-bond donors (Lipinski definition) is 2. The highest BCUT2D eigenvalue weighted by atomic mass is 19.4. The Balaban J connectivity index is 2.61. The Kier molecular flexibility index (Phi) is 6.30. The van der Waals surface area contributed by atoms with E-state index >= 15 is 0 Å². The third kappa shape index (κ3) is 5.31. The summed E-state index contributed by atoms with van der Waals surface area (Å²) in [6.07, 6.45) is -1.94. The van der Waals surface area contributed by atoms with E-state index in [4.69, 9.17) is 0 Å². The molecule has 1 aliphatic rings. The number of likely N-dealkylation sites (N-methyl/N-ethyl adjacent to an activating group) is 1. The van der Waals surface area contributed by atoms with Gasteiger partial charge in [0.2, 0.25) is 5.91 Å². The van der Waals surface area contributed by atoms with Gasteiger partial charge in [-0.2, -0.15) is 13.2 Å². The summed E-state index contributed by atoms with van der Waals surface area (Å²) in [5, 5.41) is 5.71. The van der Waals surface area contributed by atoms with Gasteiger partial charge in [-0.15, -0.1) is 0 Å². The molecule has 0 aromatic rings. The van der Waals surface area contributed by atoms with Gasteiger partial charge in [0.25, 0.3) is 0 Å². The first-order chi connectivity index (χ1) is 9.24. The maximum absolute atomic E-state index is 12.8. The minimum atomic E-state index is -4.12. The maximum Gasteiger partial charge on any atom is 0.391 e. The van der Waals surface area contributed by atoms with Gasteiger partial charge in [0.1, 0.15) is 0 Å². The van der Waals surface area contributed by atoms with Crippen molar-refractivity contribution in [3.8, 4) is 0 Å². The number of carbonyl (C=O) groups is 1. The quantitative estimate of drug-likeness (QED) is 0.818. The third-order valence-corrected chi connectivity index (χ3v) is 3.84. The molecule has 6 heteroatoms. The molecule has 3 unspecified atom stereocenters. The van der Waals surface area contributed by atoms with Crippen molar-refractivity contribution in [2.24, 2.45) is 11.8 Å². The van der Waals surface area contributed by atoms with Crippen LogP contribution in [0.4, 0.5) is 13.2 Å². The van der Waals surface area contributed by atoms with Gasteiger partial charge in [-0.25, -0.2) is 0 Å². The van der Waals surface area contributed by atoms with E-state index in [9.17, 15) is 18.0 Å². The van der Waals surface area contributed by atoms with Crippen molar-refractivity contribution in [3.63, 3.8) is 0 Å². The smallest absolute Gasteiger partial charge is 0.358 e. The Bertz CT molecular complexity index is 318. The normalized spacial score (nSPS) is 25.6. The molecule has 3 atom stereocenters. The fourth-order valence-corrected chi connectivity index (χ4v) is 2.82. The van der Waals surface area contributed by atoms with Crippen molar-refractivity contribution in [3.05, 3.63) is 0 Å². The van der Waals surface area contributed by atoms with Crippen LogP contribution in [0.15, 0.2) is 0 Å². The molecular weight excluding hydrogens is 269 g/mol. The molecule has 0 saturated heterocycles. The number of amides is 1. The second kappa shape index (κ2) is 7.29. The van der Waals surface area contributed by atoms with E-state index in [0.717, 1.165) is 0 Å². The van der Waals surface area contributed by atoms with Crippen LogP contribution in [0.3, 0.4) is 0 Å². The number of carbonyl (C=O) groups excluding carboxylic acids is 1. The molecule has 2 N–H and O–H groups in total. The third-order valence-electron chi connectivity index (χ3n) is 3.84. The van der Waals surface area contributed by atoms with Crippen molar-refractivity contribution in [1.82, 2.24) is 10.6 Å². The van der Waals surface area contributed by atoms with Gasteiger partial charge in [0.15, 0.2) is 0 Å². The van der Waals surface area contributed by atoms with Crippen LogP contribution >= 0.6 is 0 Å². The van der Waals surface area contributed by atoms with Crippen molar-refractivity contribution >= 4 is 5.91 Å². The topological polar surface area (TPSA) is 41.1 Å². The monoisotopic (exact) mass is 294 g/mol. The molecule has 0 aromatic carbocycles. The fourth-order valence-electron chi connectivity index (χ4n) is 2.82. The molecule has 1 aliphatic carbocycles. The molecule has 0 heterocycles. The molecule has 1 fully saturated rings. The van der Waals surface area contributed by atoms with Crippen molar-refractivity contribution in [1.29, 1.82) is 0 Å². The summed E-state index contributed by atoms with van der Waals surface area (Å²) in [7, 11) is 1.55. The molecule has 3 nitrogen and oxygen atoms in total. The molecule has 0 radical (unpaired) electrons. The highest BCUT2D eigenvalue weighted by Gasteiger charge is 2.42. The van der Waals surface area contributed by atoms with Crippen molar-refractivity contribution in [2.45, 2.75) is 64.2 Å². The predicted molar refractivity (Wildman–Crippen MR) is 72.2 cm³/mol. The predicted octanol–water partition coefficient (Wildman–Crippen LogP) is 2.86. The lowest BCUT2D eigenvalue weighted by atomic mass is 9.84. The number of nitrogens with one attached hydrogen (secondary N) is 2. The molecule has 20 heavy (non-hydrogen) atoms. The van der Waals surface area contributed by atoms with E-state index < -0.39 is 18.1 Å². The number of alkyl halides is 3. The Hall–Kier alpha value is -0.780. The second-order valence-electron chi connectivity index (χ2n) is 6.07. The molecular formula is C14H25F3N2O. The first-order valence-corrected chi connectivity index (χ1v) is 7.28. The zero-order valence-corrected chi connectivity index (χ0v) is 12.4. The largest absolute Gasteiger partial charge is 0.391 e. The van der Waals surface area contributed by atoms with E-state index in [1.807, 2.05) is 13.8 Å². The maximum atomic E-state index is 12.8. The van der Waals surface area contributed by atoms with Crippen molar-refractivity contribution < 1.29 is 18.0 Å². The van der Waals surface area contributed by atoms with Crippen LogP contribution in [-0.4, -0.2) is 31.2 Å². The summed E-state index contributed by atoms with van der Waals surface area (Å²) in [5.74, 6) is -1.07. The summed E-state index contributed by atoms with van der Waals surface area (Å²) in [6, 6.07) is -0.631. The highest BCUT2D eigenvalue weighted by molar-refractivity contribution is 5.81. The van der Waals surface area contributed by atoms with E-state index in [0.29, 0.717) is 25.2 Å². The summed E-state index contributed by atoms with van der Waals surface area (Å²) < 4.78 is 38.3. The Morgan fingerprint density at radius 3 is 2.45 bits per heavy atom. The number of rotatable bonds is 5. The van der Waals surface area contributed by atoms with E-state index in [1.165, 1.54) is 0 Å². The fraction of sp³-hybridized carbons (Fsp3) is 0.929. The average Bonchev–Trinajstić information content (AvgIpc) is 2.36. The molecule has 0 bridgehead atoms. The minimum absolute atomic E-state index is 0.0785. The van der Waals surface area contributed by atoms with Crippen LogP contribution in [0.1, 0.15) is 46.0 Å². The summed E-state index contributed by atoms with van der Waals surface area (Å²) in [5.41, 5.74) is 0. The molecule has 0 spiro atoms. The molecule has 1 saturated carbocycles. The van der Waals surface area contributed by atoms with Crippen LogP contribution in [0.2, 0.25) is 0 Å². The lowest BCUT2D eigenvalue weighted by Gasteiger charge is -2.33. The summed E-state index contributed by atoms with van der Waals surface area (Å²) in [4.78, 5) is 11.8. The Labute approximate surface area is 118 Å². The molecule has 1 rings (SSSR count). The summed E-state index contributed by atoms with van der Waals surface area (Å²) in [6.45, 7) is 3.99. The van der Waals surface area contributed by atoms with Gasteiger partial charge in [0, 0.05) is 13.1 Å². The van der Waals surface area contributed by atoms with Gasteiger partial charge in [-0.05, 0) is 31.6 Å². The zero-order valence-electron chi connectivity index (χ0n) is 12.4. The molecule has 0 aliphatic heterocycles. The molecule has 0 aromatic heterocycles. The zero-order chi connectivity index (χ0) is 15.3. The Morgan fingerprint density at radius 1 is 1.30 bits per heavy atom. The van der Waals surface area contributed by atoms with Crippen LogP contribution in [0.5, 0.6) is 0 Å². The lowest BCUT2D eigenvalue weighted by Crippen LogP contribution is -2.50. The SMILES string of the molecule is CNC(=O)C(CC(C)C)NC1CCCC(C(F)(F)F)C1. The number of halogens is 3. The standard InChI is InChI=1S/C14H25F3N2O/c1-9(2)7-12(13(20)18-3)19-11-6-4-5-10(8-11)14(15,16)17/h9-12,19H,4-8H2,1-3H3,(H,18,20). The minimum Gasteiger partial charge on any atom is -0.358 e. The summed E-state index contributed by atoms with van der Waals surface area (Å²) >= 11 is 0. The van der Waals surface area contributed by atoms with Gasteiger partial charge < -0.3 is 10.6 Å². The van der Waals surface area contributed by atoms with Crippen LogP contribution < -0.4 is 10.6 Å². The van der Waals surface area contributed by atoms with E-state index in [-0.39, 0.29) is 24.8 Å². The second-order valence-corrected chi connectivity index (χ2v) is 6.07. The number of hydrogen-bond acceptors (Lipinski definition) is 2. The van der Waals surface area contributed by atoms with Gasteiger partial charge >= 0.3 is 6.18 Å². The highest BCUT2D eigenvalue weighted by Crippen LogP contribution is 2.37. The van der Waals surface area contributed by atoms with Gasteiger partial charge in [-0.1, -0.05) is 20.3 Å². The lowest BCUT2D eigenvalue weighted by molar-refractivity contribution is -0.183. The van der Waals surface area contributed by atoms with Gasteiger partial charge in [-0.3, -0.25) is 4.79 Å². The molecule has 118 valence electrons. The van der Waals surface area contributed by atoms with Gasteiger partial charge in [0.05, 0.1) is 12.0 Å². The van der Waals surface area contributed by atoms with Crippen LogP contribution in [-0.2, 0) is 4.79 Å². The molecule has 1 amide bonds. The van der Waals surface area contributed by atoms with E-state index in [2.05, 4.69) is 10.6 Å². The first kappa shape index (κ1) is 17.3. The van der Waals surface area contributed by atoms with Crippen LogP contribution in [0, 0.1) is 11.8 Å². The average molecular weight is 294 g/mol. The Morgan fingerprint density at radius 2 is 1.95 bits per heavy atom. The van der Waals surface area contributed by atoms with Crippen molar-refractivity contribution in [2.75, 3.05) is 7.05 Å².